The van der Waals surface area contributed by atoms with Crippen molar-refractivity contribution in [3.63, 3.8) is 0 Å². The molecule has 1 heterocycles. The van der Waals surface area contributed by atoms with Gasteiger partial charge in [0.2, 0.25) is 0 Å². The van der Waals surface area contributed by atoms with E-state index >= 15 is 0 Å². The van der Waals surface area contributed by atoms with Crippen molar-refractivity contribution in [3.8, 4) is 0 Å². The third-order valence-electron chi connectivity index (χ3n) is 3.45. The monoisotopic (exact) mass is 242 g/mol. The van der Waals surface area contributed by atoms with Crippen LogP contribution in [0.5, 0.6) is 0 Å². The molecule has 3 heteroatoms. The van der Waals surface area contributed by atoms with Gasteiger partial charge in [-0.1, -0.05) is 0 Å². The molecule has 1 rings (SSSR count). The fourth-order valence-corrected chi connectivity index (χ4v) is 2.33. The third-order valence-corrected chi connectivity index (χ3v) is 3.45. The van der Waals surface area contributed by atoms with Crippen LogP contribution in [0, 0.1) is 5.92 Å². The highest BCUT2D eigenvalue weighted by atomic mass is 16.5. The fraction of sp³-hybridized carbons (Fsp3) is 1.00. The SMILES string of the molecule is CNCCC1CCN(CCOC(C)(C)C)CC1. The molecule has 17 heavy (non-hydrogen) atoms. The molecule has 0 aromatic carbocycles. The van der Waals surface area contributed by atoms with Gasteiger partial charge in [0.05, 0.1) is 12.2 Å². The lowest BCUT2D eigenvalue weighted by molar-refractivity contribution is -0.0163. The van der Waals surface area contributed by atoms with Crippen molar-refractivity contribution in [3.05, 3.63) is 0 Å². The van der Waals surface area contributed by atoms with Crippen LogP contribution in [-0.2, 0) is 4.74 Å². The van der Waals surface area contributed by atoms with Gasteiger partial charge in [-0.2, -0.15) is 0 Å². The standard InChI is InChI=1S/C14H30N2O/c1-14(2,3)17-12-11-16-9-6-13(7-10-16)5-8-15-4/h13,15H,5-12H2,1-4H3. The lowest BCUT2D eigenvalue weighted by Crippen LogP contribution is -2.37. The second kappa shape index (κ2) is 7.34. The summed E-state index contributed by atoms with van der Waals surface area (Å²) >= 11 is 0. The van der Waals surface area contributed by atoms with Gasteiger partial charge in [-0.05, 0) is 72.6 Å². The minimum Gasteiger partial charge on any atom is -0.375 e. The van der Waals surface area contributed by atoms with E-state index < -0.39 is 0 Å². The number of nitrogens with zero attached hydrogens (tertiary/aromatic N) is 1. The van der Waals surface area contributed by atoms with E-state index in [2.05, 4.69) is 31.0 Å². The summed E-state index contributed by atoms with van der Waals surface area (Å²) in [5, 5.41) is 3.24. The molecule has 0 unspecified atom stereocenters. The summed E-state index contributed by atoms with van der Waals surface area (Å²) in [7, 11) is 2.04. The molecule has 102 valence electrons. The molecule has 1 saturated heterocycles. The van der Waals surface area contributed by atoms with Gasteiger partial charge < -0.3 is 15.0 Å². The number of nitrogens with one attached hydrogen (secondary N) is 1. The summed E-state index contributed by atoms with van der Waals surface area (Å²) in [5.41, 5.74) is 0.00508. The quantitative estimate of drug-likeness (QED) is 0.772. The van der Waals surface area contributed by atoms with Crippen molar-refractivity contribution >= 4 is 0 Å². The number of hydrogen-bond acceptors (Lipinski definition) is 3. The van der Waals surface area contributed by atoms with E-state index in [-0.39, 0.29) is 5.60 Å². The number of rotatable bonds is 6. The van der Waals surface area contributed by atoms with Gasteiger partial charge in [-0.3, -0.25) is 0 Å². The van der Waals surface area contributed by atoms with Gasteiger partial charge in [0.15, 0.2) is 0 Å². The highest BCUT2D eigenvalue weighted by Gasteiger charge is 2.19. The Kier molecular flexibility index (Phi) is 6.45. The topological polar surface area (TPSA) is 24.5 Å². The highest BCUT2D eigenvalue weighted by Crippen LogP contribution is 2.19. The molecule has 0 radical (unpaired) electrons. The minimum atomic E-state index is 0.00508. The van der Waals surface area contributed by atoms with Crippen molar-refractivity contribution in [2.75, 3.05) is 39.8 Å². The summed E-state index contributed by atoms with van der Waals surface area (Å²) in [5.74, 6) is 0.933. The predicted molar refractivity (Wildman–Crippen MR) is 73.4 cm³/mol. The van der Waals surface area contributed by atoms with Crippen molar-refractivity contribution in [1.82, 2.24) is 10.2 Å². The summed E-state index contributed by atoms with van der Waals surface area (Å²) in [6.07, 6.45) is 4.05. The van der Waals surface area contributed by atoms with Gasteiger partial charge in [0.1, 0.15) is 0 Å². The zero-order chi connectivity index (χ0) is 12.7. The molecule has 1 aliphatic rings. The van der Waals surface area contributed by atoms with Crippen molar-refractivity contribution in [1.29, 1.82) is 0 Å². The van der Waals surface area contributed by atoms with Gasteiger partial charge >= 0.3 is 0 Å². The maximum atomic E-state index is 5.77. The lowest BCUT2D eigenvalue weighted by atomic mass is 9.93. The molecule has 0 atom stereocenters. The van der Waals surface area contributed by atoms with Crippen LogP contribution in [0.4, 0.5) is 0 Å². The van der Waals surface area contributed by atoms with Crippen LogP contribution in [-0.4, -0.2) is 50.3 Å². The second-order valence-electron chi connectivity index (χ2n) is 6.14. The Morgan fingerprint density at radius 2 is 1.88 bits per heavy atom. The minimum absolute atomic E-state index is 0.00508. The molecule has 0 spiro atoms. The van der Waals surface area contributed by atoms with Gasteiger partial charge in [-0.25, -0.2) is 0 Å². The number of piperidine rings is 1. The smallest absolute Gasteiger partial charge is 0.0600 e. The first-order chi connectivity index (χ1) is 8.01. The van der Waals surface area contributed by atoms with Gasteiger partial charge in [0.25, 0.3) is 0 Å². The van der Waals surface area contributed by atoms with Crippen molar-refractivity contribution < 1.29 is 4.74 Å². The summed E-state index contributed by atoms with van der Waals surface area (Å²) in [4.78, 5) is 2.54. The van der Waals surface area contributed by atoms with Crippen molar-refractivity contribution in [2.24, 2.45) is 5.92 Å². The Labute approximate surface area is 107 Å². The Morgan fingerprint density at radius 1 is 1.24 bits per heavy atom. The van der Waals surface area contributed by atoms with Crippen LogP contribution in [0.15, 0.2) is 0 Å². The maximum Gasteiger partial charge on any atom is 0.0600 e. The normalized spacial score (nSPS) is 19.8. The lowest BCUT2D eigenvalue weighted by Gasteiger charge is -2.32. The Hall–Kier alpha value is -0.120. The van der Waals surface area contributed by atoms with E-state index in [0.717, 1.165) is 25.6 Å². The summed E-state index contributed by atoms with van der Waals surface area (Å²) < 4.78 is 5.77. The summed E-state index contributed by atoms with van der Waals surface area (Å²) in [6, 6.07) is 0. The van der Waals surface area contributed by atoms with Crippen LogP contribution in [0.25, 0.3) is 0 Å². The van der Waals surface area contributed by atoms with E-state index in [1.165, 1.54) is 32.4 Å². The average Bonchev–Trinajstić information content (AvgIpc) is 2.26. The number of ether oxygens (including phenoxy) is 1. The summed E-state index contributed by atoms with van der Waals surface area (Å²) in [6.45, 7) is 12.0. The molecule has 0 bridgehead atoms. The third kappa shape index (κ3) is 7.02. The first-order valence-corrected chi connectivity index (χ1v) is 7.02. The average molecular weight is 242 g/mol. The molecule has 3 nitrogen and oxygen atoms in total. The van der Waals surface area contributed by atoms with Gasteiger partial charge in [0, 0.05) is 6.54 Å². The Bertz CT molecular complexity index is 193. The molecule has 1 fully saturated rings. The molecule has 1 aliphatic heterocycles. The largest absolute Gasteiger partial charge is 0.375 e. The van der Waals surface area contributed by atoms with E-state index in [4.69, 9.17) is 4.74 Å². The molecule has 0 saturated carbocycles. The second-order valence-corrected chi connectivity index (χ2v) is 6.14. The first kappa shape index (κ1) is 14.9. The number of likely N-dealkylation sites (tertiary alicyclic amines) is 1. The molecular formula is C14H30N2O. The maximum absolute atomic E-state index is 5.77. The Morgan fingerprint density at radius 3 is 2.41 bits per heavy atom. The zero-order valence-corrected chi connectivity index (χ0v) is 12.1. The van der Waals surface area contributed by atoms with E-state index in [1.54, 1.807) is 0 Å². The molecule has 0 aromatic heterocycles. The van der Waals surface area contributed by atoms with E-state index in [1.807, 2.05) is 7.05 Å². The first-order valence-electron chi connectivity index (χ1n) is 7.02. The van der Waals surface area contributed by atoms with E-state index in [9.17, 15) is 0 Å². The molecule has 1 N–H and O–H groups in total. The number of hydrogen-bond donors (Lipinski definition) is 1. The van der Waals surface area contributed by atoms with E-state index in [0.29, 0.717) is 0 Å². The zero-order valence-electron chi connectivity index (χ0n) is 12.1. The van der Waals surface area contributed by atoms with Crippen molar-refractivity contribution in [2.45, 2.75) is 45.6 Å². The fourth-order valence-electron chi connectivity index (χ4n) is 2.33. The molecule has 0 amide bonds. The van der Waals surface area contributed by atoms with Crippen LogP contribution in [0.3, 0.4) is 0 Å². The Balaban J connectivity index is 2.07. The predicted octanol–water partition coefficient (Wildman–Crippen LogP) is 2.12. The highest BCUT2D eigenvalue weighted by molar-refractivity contribution is 4.73. The molecule has 0 aromatic rings. The molecule has 0 aliphatic carbocycles. The van der Waals surface area contributed by atoms with Crippen LogP contribution >= 0.6 is 0 Å². The van der Waals surface area contributed by atoms with Crippen LogP contribution in [0.2, 0.25) is 0 Å². The van der Waals surface area contributed by atoms with Crippen LogP contribution < -0.4 is 5.32 Å². The molecular weight excluding hydrogens is 212 g/mol. The van der Waals surface area contributed by atoms with Crippen LogP contribution in [0.1, 0.15) is 40.0 Å². The van der Waals surface area contributed by atoms with Gasteiger partial charge in [-0.15, -0.1) is 0 Å².